The number of hydrogen-bond donors (Lipinski definition) is 1. The highest BCUT2D eigenvalue weighted by molar-refractivity contribution is 5.94. The van der Waals surface area contributed by atoms with Gasteiger partial charge in [0.1, 0.15) is 0 Å². The van der Waals surface area contributed by atoms with E-state index in [1.165, 1.54) is 0 Å². The van der Waals surface area contributed by atoms with Crippen molar-refractivity contribution in [2.24, 2.45) is 0 Å². The van der Waals surface area contributed by atoms with Gasteiger partial charge in [-0.15, -0.1) is 0 Å². The summed E-state index contributed by atoms with van der Waals surface area (Å²) in [7, 11) is 0. The van der Waals surface area contributed by atoms with Crippen molar-refractivity contribution in [2.45, 2.75) is 31.7 Å². The van der Waals surface area contributed by atoms with Gasteiger partial charge in [-0.3, -0.25) is 4.79 Å². The molecule has 0 bridgehead atoms. The fourth-order valence-corrected chi connectivity index (χ4v) is 1.40. The topological polar surface area (TPSA) is 38.3 Å². The summed E-state index contributed by atoms with van der Waals surface area (Å²) >= 11 is 0. The van der Waals surface area contributed by atoms with Gasteiger partial charge in [0.2, 0.25) is 5.91 Å². The van der Waals surface area contributed by atoms with Crippen molar-refractivity contribution in [3.05, 3.63) is 11.6 Å². The Hall–Kier alpha value is -0.830. The van der Waals surface area contributed by atoms with Gasteiger partial charge < -0.3 is 10.1 Å². The monoisotopic (exact) mass is 181 g/mol. The molecule has 2 aliphatic rings. The summed E-state index contributed by atoms with van der Waals surface area (Å²) in [4.78, 5) is 11.6. The highest BCUT2D eigenvalue weighted by Crippen LogP contribution is 2.34. The molecule has 2 rings (SSSR count). The molecule has 0 spiro atoms. The molecule has 1 N–H and O–H groups in total. The normalized spacial score (nSPS) is 24.8. The number of rotatable bonds is 2. The van der Waals surface area contributed by atoms with Crippen molar-refractivity contribution in [3.63, 3.8) is 0 Å². The molecule has 3 heteroatoms. The quantitative estimate of drug-likeness (QED) is 0.690. The van der Waals surface area contributed by atoms with Crippen LogP contribution in [-0.2, 0) is 9.53 Å². The molecule has 1 amide bonds. The summed E-state index contributed by atoms with van der Waals surface area (Å²) in [5.41, 5.74) is 0.982. The fourth-order valence-electron chi connectivity index (χ4n) is 1.40. The van der Waals surface area contributed by atoms with E-state index in [4.69, 9.17) is 4.74 Å². The minimum Gasteiger partial charge on any atom is -0.377 e. The summed E-state index contributed by atoms with van der Waals surface area (Å²) in [5, 5.41) is 3.04. The van der Waals surface area contributed by atoms with Crippen LogP contribution in [0.2, 0.25) is 0 Å². The van der Waals surface area contributed by atoms with Crippen LogP contribution in [0.4, 0.5) is 0 Å². The second kappa shape index (κ2) is 3.14. The SMILES string of the molecule is CC1(NC(=O)C2=CCOCC2)CC1. The van der Waals surface area contributed by atoms with E-state index < -0.39 is 0 Å². The minimum absolute atomic E-state index is 0.0935. The minimum atomic E-state index is 0.0935. The highest BCUT2D eigenvalue weighted by Gasteiger charge is 2.39. The van der Waals surface area contributed by atoms with Crippen LogP contribution in [0.3, 0.4) is 0 Å². The van der Waals surface area contributed by atoms with Gasteiger partial charge in [0.05, 0.1) is 13.2 Å². The van der Waals surface area contributed by atoms with E-state index in [9.17, 15) is 4.79 Å². The Labute approximate surface area is 78.1 Å². The molecule has 0 radical (unpaired) electrons. The second-order valence-electron chi connectivity index (χ2n) is 4.07. The third kappa shape index (κ3) is 2.10. The van der Waals surface area contributed by atoms with Crippen LogP contribution >= 0.6 is 0 Å². The van der Waals surface area contributed by atoms with E-state index >= 15 is 0 Å². The van der Waals surface area contributed by atoms with Gasteiger partial charge in [0.25, 0.3) is 0 Å². The lowest BCUT2D eigenvalue weighted by molar-refractivity contribution is -0.118. The maximum atomic E-state index is 11.6. The zero-order valence-corrected chi connectivity index (χ0v) is 7.93. The number of hydrogen-bond acceptors (Lipinski definition) is 2. The van der Waals surface area contributed by atoms with Crippen LogP contribution in [0.25, 0.3) is 0 Å². The summed E-state index contributed by atoms with van der Waals surface area (Å²) < 4.78 is 5.14. The second-order valence-corrected chi connectivity index (χ2v) is 4.07. The number of ether oxygens (including phenoxy) is 1. The van der Waals surface area contributed by atoms with E-state index in [0.717, 1.165) is 24.8 Å². The molecule has 1 aliphatic heterocycles. The van der Waals surface area contributed by atoms with Crippen molar-refractivity contribution < 1.29 is 9.53 Å². The van der Waals surface area contributed by atoms with Crippen LogP contribution in [0.15, 0.2) is 11.6 Å². The molecule has 1 aliphatic carbocycles. The van der Waals surface area contributed by atoms with Crippen LogP contribution in [0, 0.1) is 0 Å². The third-order valence-corrected chi connectivity index (χ3v) is 2.67. The maximum absolute atomic E-state index is 11.6. The van der Waals surface area contributed by atoms with Gasteiger partial charge >= 0.3 is 0 Å². The molecule has 72 valence electrons. The van der Waals surface area contributed by atoms with Crippen LogP contribution in [-0.4, -0.2) is 24.7 Å². The van der Waals surface area contributed by atoms with Crippen molar-refractivity contribution >= 4 is 5.91 Å². The lowest BCUT2D eigenvalue weighted by Gasteiger charge is -2.16. The average Bonchev–Trinajstić information content (AvgIpc) is 2.85. The van der Waals surface area contributed by atoms with Gasteiger partial charge in [0.15, 0.2) is 0 Å². The predicted molar refractivity (Wildman–Crippen MR) is 49.3 cm³/mol. The van der Waals surface area contributed by atoms with E-state index in [1.54, 1.807) is 0 Å². The molecular formula is C10H15NO2. The predicted octanol–water partition coefficient (Wildman–Crippen LogP) is 1.00. The molecule has 1 heterocycles. The fraction of sp³-hybridized carbons (Fsp3) is 0.700. The lowest BCUT2D eigenvalue weighted by atomic mass is 10.1. The molecule has 0 unspecified atom stereocenters. The first-order valence-corrected chi connectivity index (χ1v) is 4.79. The molecule has 0 atom stereocenters. The van der Waals surface area contributed by atoms with Crippen molar-refractivity contribution in [2.75, 3.05) is 13.2 Å². The Balaban J connectivity index is 1.92. The van der Waals surface area contributed by atoms with Gasteiger partial charge in [-0.25, -0.2) is 0 Å². The number of nitrogens with one attached hydrogen (secondary N) is 1. The van der Waals surface area contributed by atoms with E-state index in [2.05, 4.69) is 12.2 Å². The molecule has 0 aromatic carbocycles. The molecular weight excluding hydrogens is 166 g/mol. The molecule has 0 aromatic heterocycles. The summed E-state index contributed by atoms with van der Waals surface area (Å²) in [6.45, 7) is 3.35. The first kappa shape index (κ1) is 8.75. The maximum Gasteiger partial charge on any atom is 0.247 e. The summed E-state index contributed by atoms with van der Waals surface area (Å²) in [6.07, 6.45) is 4.86. The first-order chi connectivity index (χ1) is 6.20. The Kier molecular flexibility index (Phi) is 2.12. The van der Waals surface area contributed by atoms with Crippen molar-refractivity contribution in [3.8, 4) is 0 Å². The van der Waals surface area contributed by atoms with E-state index in [-0.39, 0.29) is 11.4 Å². The highest BCUT2D eigenvalue weighted by atomic mass is 16.5. The van der Waals surface area contributed by atoms with E-state index in [0.29, 0.717) is 13.2 Å². The molecule has 0 saturated heterocycles. The number of carbonyl (C=O) groups is 1. The largest absolute Gasteiger partial charge is 0.377 e. The molecule has 1 saturated carbocycles. The van der Waals surface area contributed by atoms with Crippen LogP contribution < -0.4 is 5.32 Å². The third-order valence-electron chi connectivity index (χ3n) is 2.67. The first-order valence-electron chi connectivity index (χ1n) is 4.79. The van der Waals surface area contributed by atoms with Gasteiger partial charge in [-0.05, 0) is 19.8 Å². The van der Waals surface area contributed by atoms with Crippen LogP contribution in [0.5, 0.6) is 0 Å². The molecule has 3 nitrogen and oxygen atoms in total. The summed E-state index contributed by atoms with van der Waals surface area (Å²) in [6, 6.07) is 0. The van der Waals surface area contributed by atoms with Crippen LogP contribution in [0.1, 0.15) is 26.2 Å². The lowest BCUT2D eigenvalue weighted by Crippen LogP contribution is -2.36. The average molecular weight is 181 g/mol. The summed E-state index contributed by atoms with van der Waals surface area (Å²) in [5.74, 6) is 0.100. The molecule has 0 aromatic rings. The smallest absolute Gasteiger partial charge is 0.247 e. The van der Waals surface area contributed by atoms with Gasteiger partial charge in [-0.1, -0.05) is 6.08 Å². The Morgan fingerprint density at radius 1 is 1.62 bits per heavy atom. The standard InChI is InChI=1S/C10H15NO2/c1-10(4-5-10)11-9(12)8-2-6-13-7-3-8/h2H,3-7H2,1H3,(H,11,12). The van der Waals surface area contributed by atoms with Gasteiger partial charge in [-0.2, -0.15) is 0 Å². The van der Waals surface area contributed by atoms with Crippen molar-refractivity contribution in [1.29, 1.82) is 0 Å². The Morgan fingerprint density at radius 3 is 2.92 bits per heavy atom. The number of amides is 1. The molecule has 1 fully saturated rings. The Morgan fingerprint density at radius 2 is 2.38 bits per heavy atom. The van der Waals surface area contributed by atoms with E-state index in [1.807, 2.05) is 6.08 Å². The zero-order valence-electron chi connectivity index (χ0n) is 7.93. The number of carbonyl (C=O) groups excluding carboxylic acids is 1. The Bertz CT molecular complexity index is 254. The van der Waals surface area contributed by atoms with Crippen molar-refractivity contribution in [1.82, 2.24) is 5.32 Å². The zero-order chi connectivity index (χ0) is 9.31. The van der Waals surface area contributed by atoms with Gasteiger partial charge in [0, 0.05) is 17.5 Å². The molecule has 13 heavy (non-hydrogen) atoms.